The summed E-state index contributed by atoms with van der Waals surface area (Å²) in [7, 11) is 1.78. The minimum atomic E-state index is -0.540. The van der Waals surface area contributed by atoms with Crippen LogP contribution in [0.25, 0.3) is 0 Å². The van der Waals surface area contributed by atoms with Gasteiger partial charge in [-0.3, -0.25) is 15.0 Å². The van der Waals surface area contributed by atoms with Gasteiger partial charge in [-0.05, 0) is 27.7 Å². The molecule has 2 rings (SSSR count). The quantitative estimate of drug-likeness (QED) is 0.876. The molecule has 0 spiro atoms. The Balaban J connectivity index is 1.99. The van der Waals surface area contributed by atoms with E-state index in [0.717, 1.165) is 10.4 Å². The lowest BCUT2D eigenvalue weighted by molar-refractivity contribution is 0.0634. The van der Waals surface area contributed by atoms with Crippen molar-refractivity contribution in [2.24, 2.45) is 7.05 Å². The molecule has 2 heterocycles. The van der Waals surface area contributed by atoms with Crippen LogP contribution in [-0.4, -0.2) is 26.5 Å². The summed E-state index contributed by atoms with van der Waals surface area (Å²) < 4.78 is 6.91. The molecule has 1 amide bonds. The summed E-state index contributed by atoms with van der Waals surface area (Å²) in [5, 5.41) is 10.4. The van der Waals surface area contributed by atoms with Crippen LogP contribution in [0.15, 0.2) is 17.9 Å². The monoisotopic (exact) mass is 337 g/mol. The summed E-state index contributed by atoms with van der Waals surface area (Å²) in [6, 6.07) is 0.178. The van der Waals surface area contributed by atoms with Crippen molar-refractivity contribution < 1.29 is 9.53 Å². The highest BCUT2D eigenvalue weighted by atomic mass is 32.1. The van der Waals surface area contributed by atoms with E-state index < -0.39 is 11.7 Å². The van der Waals surface area contributed by atoms with Crippen molar-refractivity contribution in [1.29, 1.82) is 0 Å². The standard InChI is InChI=1S/C15H23N5O2S/c1-10(12-8-16-9-23-12)17-6-11-7-18-20(5)13(11)19-14(21)22-15(2,3)4/h7-10,17H,6H2,1-5H3,(H,19,21). The van der Waals surface area contributed by atoms with Gasteiger partial charge in [-0.15, -0.1) is 11.3 Å². The maximum atomic E-state index is 12.0. The third-order valence-corrected chi connectivity index (χ3v) is 4.07. The number of aryl methyl sites for hydroxylation is 1. The predicted molar refractivity (Wildman–Crippen MR) is 90.4 cm³/mol. The fourth-order valence-corrected chi connectivity index (χ4v) is 2.63. The first-order valence-electron chi connectivity index (χ1n) is 7.39. The maximum absolute atomic E-state index is 12.0. The number of thiazole rings is 1. The largest absolute Gasteiger partial charge is 0.444 e. The summed E-state index contributed by atoms with van der Waals surface area (Å²) >= 11 is 1.61. The van der Waals surface area contributed by atoms with Gasteiger partial charge in [0, 0.05) is 36.3 Å². The van der Waals surface area contributed by atoms with Gasteiger partial charge in [0.15, 0.2) is 0 Å². The Bertz CT molecular complexity index is 645. The highest BCUT2D eigenvalue weighted by Gasteiger charge is 2.19. The zero-order valence-electron chi connectivity index (χ0n) is 14.1. The molecular formula is C15H23N5O2S. The molecule has 0 saturated heterocycles. The van der Waals surface area contributed by atoms with Gasteiger partial charge in [-0.25, -0.2) is 4.79 Å². The van der Waals surface area contributed by atoms with Crippen molar-refractivity contribution in [3.05, 3.63) is 28.3 Å². The normalized spacial score (nSPS) is 12.9. The summed E-state index contributed by atoms with van der Waals surface area (Å²) in [6.45, 7) is 8.14. The summed E-state index contributed by atoms with van der Waals surface area (Å²) in [4.78, 5) is 17.2. The van der Waals surface area contributed by atoms with Crippen molar-refractivity contribution in [3.63, 3.8) is 0 Å². The molecule has 126 valence electrons. The SMILES string of the molecule is CC(NCc1cnn(C)c1NC(=O)OC(C)(C)C)c1cncs1. The number of nitrogens with one attached hydrogen (secondary N) is 2. The van der Waals surface area contributed by atoms with E-state index in [0.29, 0.717) is 12.4 Å². The first kappa shape index (κ1) is 17.4. The van der Waals surface area contributed by atoms with Gasteiger partial charge in [0.1, 0.15) is 11.4 Å². The molecule has 7 nitrogen and oxygen atoms in total. The number of ether oxygens (including phenoxy) is 1. The van der Waals surface area contributed by atoms with Crippen LogP contribution in [0.5, 0.6) is 0 Å². The number of rotatable bonds is 5. The molecule has 1 unspecified atom stereocenters. The van der Waals surface area contributed by atoms with E-state index in [1.165, 1.54) is 0 Å². The topological polar surface area (TPSA) is 81.1 Å². The number of carbonyl (C=O) groups excluding carboxylic acids is 1. The molecule has 8 heteroatoms. The molecule has 2 N–H and O–H groups in total. The van der Waals surface area contributed by atoms with E-state index in [9.17, 15) is 4.79 Å². The van der Waals surface area contributed by atoms with Crippen LogP contribution in [-0.2, 0) is 18.3 Å². The fraction of sp³-hybridized carbons (Fsp3) is 0.533. The Morgan fingerprint density at radius 1 is 1.43 bits per heavy atom. The molecule has 2 aromatic rings. The maximum Gasteiger partial charge on any atom is 0.413 e. The number of nitrogens with zero attached hydrogens (tertiary/aromatic N) is 3. The zero-order chi connectivity index (χ0) is 17.0. The van der Waals surface area contributed by atoms with Crippen LogP contribution < -0.4 is 10.6 Å². The van der Waals surface area contributed by atoms with Crippen LogP contribution in [0.3, 0.4) is 0 Å². The van der Waals surface area contributed by atoms with E-state index in [2.05, 4.69) is 27.6 Å². The van der Waals surface area contributed by atoms with Crippen molar-refractivity contribution in [2.45, 2.75) is 45.9 Å². The highest BCUT2D eigenvalue weighted by molar-refractivity contribution is 7.09. The third kappa shape index (κ3) is 5.04. The lowest BCUT2D eigenvalue weighted by Gasteiger charge is -2.20. The minimum absolute atomic E-state index is 0.178. The predicted octanol–water partition coefficient (Wildman–Crippen LogP) is 3.07. The van der Waals surface area contributed by atoms with Crippen LogP contribution in [0, 0.1) is 0 Å². The highest BCUT2D eigenvalue weighted by Crippen LogP contribution is 2.20. The van der Waals surface area contributed by atoms with Crippen LogP contribution >= 0.6 is 11.3 Å². The van der Waals surface area contributed by atoms with E-state index in [1.807, 2.05) is 32.5 Å². The lowest BCUT2D eigenvalue weighted by Crippen LogP contribution is -2.28. The molecule has 1 atom stereocenters. The van der Waals surface area contributed by atoms with Crippen LogP contribution in [0.4, 0.5) is 10.6 Å². The first-order chi connectivity index (χ1) is 10.8. The van der Waals surface area contributed by atoms with Gasteiger partial charge in [0.2, 0.25) is 0 Å². The smallest absolute Gasteiger partial charge is 0.413 e. The second-order valence-electron chi connectivity index (χ2n) is 6.28. The third-order valence-electron chi connectivity index (χ3n) is 3.11. The molecule has 2 aromatic heterocycles. The van der Waals surface area contributed by atoms with E-state index in [1.54, 1.807) is 29.3 Å². The van der Waals surface area contributed by atoms with Gasteiger partial charge in [0.25, 0.3) is 0 Å². The van der Waals surface area contributed by atoms with Crippen molar-refractivity contribution in [1.82, 2.24) is 20.1 Å². The average Bonchev–Trinajstić information content (AvgIpc) is 3.06. The molecule has 0 saturated carbocycles. The number of anilines is 1. The van der Waals surface area contributed by atoms with Crippen molar-refractivity contribution >= 4 is 23.2 Å². The van der Waals surface area contributed by atoms with Gasteiger partial charge in [-0.1, -0.05) is 0 Å². The fourth-order valence-electron chi connectivity index (χ4n) is 1.98. The molecule has 0 aliphatic carbocycles. The Labute approximate surface area is 140 Å². The number of carbonyl (C=O) groups is 1. The van der Waals surface area contributed by atoms with Crippen LogP contribution in [0.2, 0.25) is 0 Å². The lowest BCUT2D eigenvalue weighted by atomic mass is 10.2. The Kier molecular flexibility index (Phi) is 5.38. The molecule has 0 aliphatic heterocycles. The van der Waals surface area contributed by atoms with Gasteiger partial charge < -0.3 is 10.1 Å². The molecule has 0 fully saturated rings. The van der Waals surface area contributed by atoms with Gasteiger partial charge in [0.05, 0.1) is 11.7 Å². The molecule has 0 aliphatic rings. The first-order valence-corrected chi connectivity index (χ1v) is 8.27. The van der Waals surface area contributed by atoms with Gasteiger partial charge in [-0.2, -0.15) is 5.10 Å². The molecule has 0 bridgehead atoms. The molecule has 0 aromatic carbocycles. The molecule has 0 radical (unpaired) electrons. The summed E-state index contributed by atoms with van der Waals surface area (Å²) in [6.07, 6.45) is 3.10. The summed E-state index contributed by atoms with van der Waals surface area (Å²) in [5.74, 6) is 0.628. The van der Waals surface area contributed by atoms with E-state index >= 15 is 0 Å². The van der Waals surface area contributed by atoms with Crippen molar-refractivity contribution in [2.75, 3.05) is 5.32 Å². The Morgan fingerprint density at radius 3 is 2.78 bits per heavy atom. The van der Waals surface area contributed by atoms with E-state index in [-0.39, 0.29) is 6.04 Å². The number of aromatic nitrogens is 3. The van der Waals surface area contributed by atoms with E-state index in [4.69, 9.17) is 4.74 Å². The number of hydrogen-bond donors (Lipinski definition) is 2. The Hall–Kier alpha value is -1.93. The summed E-state index contributed by atoms with van der Waals surface area (Å²) in [5.41, 5.74) is 2.17. The number of amides is 1. The second kappa shape index (κ2) is 7.10. The van der Waals surface area contributed by atoms with Gasteiger partial charge >= 0.3 is 6.09 Å². The second-order valence-corrected chi connectivity index (χ2v) is 7.19. The average molecular weight is 337 g/mol. The Morgan fingerprint density at radius 2 is 2.17 bits per heavy atom. The molecular weight excluding hydrogens is 314 g/mol. The minimum Gasteiger partial charge on any atom is -0.444 e. The van der Waals surface area contributed by atoms with Crippen molar-refractivity contribution in [3.8, 4) is 0 Å². The zero-order valence-corrected chi connectivity index (χ0v) is 14.9. The number of hydrogen-bond acceptors (Lipinski definition) is 6. The molecule has 23 heavy (non-hydrogen) atoms. The van der Waals surface area contributed by atoms with Crippen LogP contribution in [0.1, 0.15) is 44.2 Å².